The van der Waals surface area contributed by atoms with Gasteiger partial charge in [0, 0.05) is 19.3 Å². The number of hydrogen-bond donors (Lipinski definition) is 4. The maximum Gasteiger partial charge on any atom is 0.325 e. The second-order valence-electron chi connectivity index (χ2n) is 4.63. The molecule has 2 rings (SSSR count). The van der Waals surface area contributed by atoms with E-state index in [4.69, 9.17) is 4.74 Å². The summed E-state index contributed by atoms with van der Waals surface area (Å²) >= 11 is 0. The summed E-state index contributed by atoms with van der Waals surface area (Å²) in [4.78, 5) is 52.1. The minimum absolute atomic E-state index is 0.354. The molecule has 0 aliphatic carbocycles. The number of nitrogens with zero attached hydrogens (tertiary/aromatic N) is 1. The van der Waals surface area contributed by atoms with Gasteiger partial charge in [-0.3, -0.25) is 19.4 Å². The molecule has 1 atom stereocenters. The average molecular weight is 312 g/mol. The maximum atomic E-state index is 12.2. The third-order valence-electron chi connectivity index (χ3n) is 3.17. The third kappa shape index (κ3) is 3.59. The summed E-state index contributed by atoms with van der Waals surface area (Å²) in [5.74, 6) is -1.32. The van der Waals surface area contributed by atoms with Gasteiger partial charge in [-0.2, -0.15) is 0 Å². The number of nitrogens with one attached hydrogen (secondary N) is 3. The van der Waals surface area contributed by atoms with Gasteiger partial charge in [-0.05, 0) is 0 Å². The lowest BCUT2D eigenvalue weighted by atomic mass is 10.2. The van der Waals surface area contributed by atoms with Gasteiger partial charge in [0.15, 0.2) is 0 Å². The van der Waals surface area contributed by atoms with Crippen LogP contribution < -0.4 is 16.6 Å². The van der Waals surface area contributed by atoms with Gasteiger partial charge in [0.25, 0.3) is 11.5 Å². The van der Waals surface area contributed by atoms with Crippen molar-refractivity contribution in [1.82, 2.24) is 20.2 Å². The SMILES string of the molecule is O=C(NC(CO)C(=O)N1CCOCC1)c1c[nH]c(=O)[nH]c1=O. The molecule has 0 bridgehead atoms. The number of aromatic amines is 2. The Labute approximate surface area is 124 Å². The van der Waals surface area contributed by atoms with Crippen molar-refractivity contribution < 1.29 is 19.4 Å². The van der Waals surface area contributed by atoms with Crippen LogP contribution in [0.1, 0.15) is 10.4 Å². The Morgan fingerprint density at radius 2 is 2.05 bits per heavy atom. The van der Waals surface area contributed by atoms with Crippen LogP contribution >= 0.6 is 0 Å². The zero-order chi connectivity index (χ0) is 16.1. The second-order valence-corrected chi connectivity index (χ2v) is 4.63. The van der Waals surface area contributed by atoms with Crippen LogP contribution in [-0.4, -0.2) is 70.7 Å². The highest BCUT2D eigenvalue weighted by molar-refractivity contribution is 5.97. The first-order valence-corrected chi connectivity index (χ1v) is 6.63. The number of carbonyl (C=O) groups is 2. The van der Waals surface area contributed by atoms with Gasteiger partial charge >= 0.3 is 5.69 Å². The smallest absolute Gasteiger partial charge is 0.325 e. The molecule has 1 saturated heterocycles. The Morgan fingerprint density at radius 1 is 1.36 bits per heavy atom. The van der Waals surface area contributed by atoms with Crippen LogP contribution in [0.2, 0.25) is 0 Å². The zero-order valence-electron chi connectivity index (χ0n) is 11.6. The van der Waals surface area contributed by atoms with Crippen molar-refractivity contribution in [2.45, 2.75) is 6.04 Å². The van der Waals surface area contributed by atoms with E-state index in [0.717, 1.165) is 6.20 Å². The molecule has 2 amide bonds. The van der Waals surface area contributed by atoms with Crippen LogP contribution in [0, 0.1) is 0 Å². The number of aromatic nitrogens is 2. The Morgan fingerprint density at radius 3 is 2.64 bits per heavy atom. The highest BCUT2D eigenvalue weighted by atomic mass is 16.5. The van der Waals surface area contributed by atoms with E-state index in [1.807, 2.05) is 4.98 Å². The lowest BCUT2D eigenvalue weighted by Crippen LogP contribution is -2.53. The van der Waals surface area contributed by atoms with E-state index in [1.165, 1.54) is 4.90 Å². The summed E-state index contributed by atoms with van der Waals surface area (Å²) in [6.07, 6.45) is 0.949. The van der Waals surface area contributed by atoms with E-state index in [0.29, 0.717) is 26.3 Å². The van der Waals surface area contributed by atoms with Crippen LogP contribution in [0.3, 0.4) is 0 Å². The number of carbonyl (C=O) groups excluding carboxylic acids is 2. The van der Waals surface area contributed by atoms with Crippen molar-refractivity contribution in [3.05, 3.63) is 32.6 Å². The number of ether oxygens (including phenoxy) is 1. The van der Waals surface area contributed by atoms with E-state index in [9.17, 15) is 24.3 Å². The fourth-order valence-corrected chi connectivity index (χ4v) is 2.00. The van der Waals surface area contributed by atoms with E-state index >= 15 is 0 Å². The quantitative estimate of drug-likeness (QED) is 0.467. The number of aliphatic hydroxyl groups excluding tert-OH is 1. The molecule has 120 valence electrons. The summed E-state index contributed by atoms with van der Waals surface area (Å²) in [7, 11) is 0. The fourth-order valence-electron chi connectivity index (χ4n) is 2.00. The fraction of sp³-hybridized carbons (Fsp3) is 0.500. The first-order valence-electron chi connectivity index (χ1n) is 6.63. The predicted molar refractivity (Wildman–Crippen MR) is 73.4 cm³/mol. The number of morpholine rings is 1. The minimum atomic E-state index is -1.17. The Bertz CT molecular complexity index is 660. The standard InChI is InChI=1S/C12H16N4O6/c17-6-8(11(20)16-1-3-22-4-2-16)14-9(18)7-5-13-12(21)15-10(7)19/h5,8,17H,1-4,6H2,(H,14,18)(H2,13,15,19,21). The molecule has 1 aliphatic rings. The van der Waals surface area contributed by atoms with Gasteiger partial charge in [0.2, 0.25) is 5.91 Å². The largest absolute Gasteiger partial charge is 0.394 e. The molecule has 1 aromatic heterocycles. The molecule has 10 heteroatoms. The van der Waals surface area contributed by atoms with E-state index in [-0.39, 0.29) is 5.56 Å². The zero-order valence-corrected chi connectivity index (χ0v) is 11.6. The average Bonchev–Trinajstić information content (AvgIpc) is 2.52. The van der Waals surface area contributed by atoms with Crippen molar-refractivity contribution >= 4 is 11.8 Å². The molecule has 22 heavy (non-hydrogen) atoms. The van der Waals surface area contributed by atoms with Crippen molar-refractivity contribution in [3.63, 3.8) is 0 Å². The van der Waals surface area contributed by atoms with Crippen molar-refractivity contribution in [2.24, 2.45) is 0 Å². The van der Waals surface area contributed by atoms with Crippen LogP contribution in [0.4, 0.5) is 0 Å². The summed E-state index contributed by atoms with van der Waals surface area (Å²) in [5.41, 5.74) is -1.98. The molecular weight excluding hydrogens is 296 g/mol. The van der Waals surface area contributed by atoms with Gasteiger partial charge < -0.3 is 25.0 Å². The summed E-state index contributed by atoms with van der Waals surface area (Å²) < 4.78 is 5.12. The molecule has 0 saturated carbocycles. The number of amides is 2. The molecular formula is C12H16N4O6. The Hall–Kier alpha value is -2.46. The van der Waals surface area contributed by atoms with E-state index in [1.54, 1.807) is 0 Å². The highest BCUT2D eigenvalue weighted by Gasteiger charge is 2.27. The number of rotatable bonds is 4. The third-order valence-corrected chi connectivity index (χ3v) is 3.17. The first-order chi connectivity index (χ1) is 10.5. The van der Waals surface area contributed by atoms with Gasteiger partial charge in [-0.25, -0.2) is 4.79 Å². The molecule has 2 heterocycles. The van der Waals surface area contributed by atoms with Crippen molar-refractivity contribution in [1.29, 1.82) is 0 Å². The number of aliphatic hydroxyl groups is 1. The topological polar surface area (TPSA) is 145 Å². The first kappa shape index (κ1) is 15.9. The van der Waals surface area contributed by atoms with Crippen molar-refractivity contribution in [3.8, 4) is 0 Å². The van der Waals surface area contributed by atoms with Gasteiger partial charge in [0.05, 0.1) is 19.8 Å². The molecule has 0 radical (unpaired) electrons. The van der Waals surface area contributed by atoms with Gasteiger partial charge in [-0.15, -0.1) is 0 Å². The maximum absolute atomic E-state index is 12.2. The lowest BCUT2D eigenvalue weighted by Gasteiger charge is -2.30. The van der Waals surface area contributed by atoms with Crippen LogP contribution in [-0.2, 0) is 9.53 Å². The minimum Gasteiger partial charge on any atom is -0.394 e. The molecule has 1 fully saturated rings. The molecule has 1 aromatic rings. The molecule has 0 spiro atoms. The van der Waals surface area contributed by atoms with Crippen LogP contribution in [0.25, 0.3) is 0 Å². The molecule has 1 aliphatic heterocycles. The number of hydrogen-bond acceptors (Lipinski definition) is 6. The predicted octanol–water partition coefficient (Wildman–Crippen LogP) is -2.99. The summed E-state index contributed by atoms with van der Waals surface area (Å²) in [5, 5.41) is 11.6. The van der Waals surface area contributed by atoms with E-state index < -0.39 is 35.7 Å². The van der Waals surface area contributed by atoms with Crippen molar-refractivity contribution in [2.75, 3.05) is 32.9 Å². The summed E-state index contributed by atoms with van der Waals surface area (Å²) in [6.45, 7) is 0.896. The Kier molecular flexibility index (Phi) is 5.07. The number of H-pyrrole nitrogens is 2. The van der Waals surface area contributed by atoms with Crippen LogP contribution in [0.15, 0.2) is 15.8 Å². The monoisotopic (exact) mass is 312 g/mol. The molecule has 10 nitrogen and oxygen atoms in total. The molecule has 0 aromatic carbocycles. The second kappa shape index (κ2) is 7.00. The van der Waals surface area contributed by atoms with Crippen LogP contribution in [0.5, 0.6) is 0 Å². The summed E-state index contributed by atoms with van der Waals surface area (Å²) in [6, 6.07) is -1.17. The Balaban J connectivity index is 2.08. The lowest BCUT2D eigenvalue weighted by molar-refractivity contribution is -0.138. The molecule has 1 unspecified atom stereocenters. The van der Waals surface area contributed by atoms with Gasteiger partial charge in [0.1, 0.15) is 11.6 Å². The molecule has 4 N–H and O–H groups in total. The normalized spacial score (nSPS) is 16.1. The van der Waals surface area contributed by atoms with E-state index in [2.05, 4.69) is 10.3 Å². The van der Waals surface area contributed by atoms with Gasteiger partial charge in [-0.1, -0.05) is 0 Å². The highest BCUT2D eigenvalue weighted by Crippen LogP contribution is 2.01.